The summed E-state index contributed by atoms with van der Waals surface area (Å²) in [6.45, 7) is 3.88. The Balaban J connectivity index is 1.73. The fourth-order valence-corrected chi connectivity index (χ4v) is 3.72. The summed E-state index contributed by atoms with van der Waals surface area (Å²) in [5.41, 5.74) is 3.04. The molecule has 0 spiro atoms. The number of carbonyl (C=O) groups is 1. The van der Waals surface area contributed by atoms with Crippen molar-refractivity contribution in [2.75, 3.05) is 10.0 Å². The lowest BCUT2D eigenvalue weighted by Gasteiger charge is -2.10. The van der Waals surface area contributed by atoms with E-state index in [2.05, 4.69) is 26.0 Å². The van der Waals surface area contributed by atoms with E-state index in [9.17, 15) is 13.2 Å². The van der Waals surface area contributed by atoms with E-state index < -0.39 is 15.9 Å². The minimum Gasteiger partial charge on any atom is -0.444 e. The summed E-state index contributed by atoms with van der Waals surface area (Å²) in [5, 5.41) is 2.64. The first-order valence-electron chi connectivity index (χ1n) is 8.01. The molecule has 3 rings (SSSR count). The number of rotatable bonds is 5. The highest BCUT2D eigenvalue weighted by atomic mass is 79.9. The van der Waals surface area contributed by atoms with E-state index in [4.69, 9.17) is 4.42 Å². The van der Waals surface area contributed by atoms with Gasteiger partial charge in [0.15, 0.2) is 10.4 Å². The number of furan rings is 1. The summed E-state index contributed by atoms with van der Waals surface area (Å²) >= 11 is 3.13. The van der Waals surface area contributed by atoms with Crippen molar-refractivity contribution in [3.05, 3.63) is 76.2 Å². The highest BCUT2D eigenvalue weighted by Crippen LogP contribution is 2.21. The molecule has 0 aliphatic heterocycles. The molecule has 2 N–H and O–H groups in total. The van der Waals surface area contributed by atoms with Crippen molar-refractivity contribution in [1.82, 2.24) is 0 Å². The molecule has 140 valence electrons. The van der Waals surface area contributed by atoms with E-state index in [0.29, 0.717) is 16.0 Å². The van der Waals surface area contributed by atoms with Crippen LogP contribution in [0.1, 0.15) is 21.7 Å². The quantitative estimate of drug-likeness (QED) is 0.591. The Labute approximate surface area is 165 Å². The topological polar surface area (TPSA) is 88.4 Å². The molecule has 0 aliphatic carbocycles. The van der Waals surface area contributed by atoms with Crippen LogP contribution in [-0.4, -0.2) is 14.3 Å². The summed E-state index contributed by atoms with van der Waals surface area (Å²) < 4.78 is 33.3. The number of sulfonamides is 1. The van der Waals surface area contributed by atoms with Gasteiger partial charge in [-0.05, 0) is 89.4 Å². The van der Waals surface area contributed by atoms with E-state index in [-0.39, 0.29) is 10.7 Å². The van der Waals surface area contributed by atoms with Crippen LogP contribution in [0, 0.1) is 13.8 Å². The van der Waals surface area contributed by atoms with E-state index in [1.807, 2.05) is 19.9 Å². The van der Waals surface area contributed by atoms with Crippen molar-refractivity contribution in [3.63, 3.8) is 0 Å². The first-order chi connectivity index (χ1) is 12.7. The first-order valence-corrected chi connectivity index (χ1v) is 10.3. The average molecular weight is 449 g/mol. The molecule has 0 fully saturated rings. The zero-order valence-corrected chi connectivity index (χ0v) is 17.0. The molecular weight excluding hydrogens is 432 g/mol. The van der Waals surface area contributed by atoms with E-state index in [0.717, 1.165) is 11.1 Å². The predicted octanol–water partition coefficient (Wildman–Crippen LogP) is 4.71. The molecule has 0 aliphatic rings. The standard InChI is InChI=1S/C19H17BrN2O4S/c1-12-3-4-15(11-13(12)2)22-27(24,25)16-7-5-14(6-8-16)21-19(23)17-9-10-18(20)26-17/h3-11,22H,1-2H3,(H,21,23). The fraction of sp³-hybridized carbons (Fsp3) is 0.105. The molecular formula is C19H17BrN2O4S. The van der Waals surface area contributed by atoms with Crippen molar-refractivity contribution in [2.24, 2.45) is 0 Å². The number of hydrogen-bond acceptors (Lipinski definition) is 4. The van der Waals surface area contributed by atoms with Crippen LogP contribution in [0.15, 0.2) is 68.6 Å². The Bertz CT molecular complexity index is 1090. The molecule has 0 bridgehead atoms. The van der Waals surface area contributed by atoms with Gasteiger partial charge in [-0.15, -0.1) is 0 Å². The van der Waals surface area contributed by atoms with Gasteiger partial charge in [-0.3, -0.25) is 9.52 Å². The van der Waals surface area contributed by atoms with Crippen molar-refractivity contribution in [3.8, 4) is 0 Å². The van der Waals surface area contributed by atoms with Gasteiger partial charge in [0.25, 0.3) is 15.9 Å². The van der Waals surface area contributed by atoms with Crippen LogP contribution in [0.25, 0.3) is 0 Å². The molecule has 0 radical (unpaired) electrons. The smallest absolute Gasteiger partial charge is 0.291 e. The normalized spacial score (nSPS) is 11.2. The molecule has 0 saturated carbocycles. The molecule has 6 nitrogen and oxygen atoms in total. The number of aryl methyl sites for hydroxylation is 2. The maximum Gasteiger partial charge on any atom is 0.291 e. The number of nitrogens with one attached hydrogen (secondary N) is 2. The summed E-state index contributed by atoms with van der Waals surface area (Å²) in [7, 11) is -3.72. The Morgan fingerprint density at radius 1 is 0.926 bits per heavy atom. The summed E-state index contributed by atoms with van der Waals surface area (Å²) in [6.07, 6.45) is 0. The molecule has 0 saturated heterocycles. The molecule has 1 heterocycles. The van der Waals surface area contributed by atoms with Crippen LogP contribution in [0.4, 0.5) is 11.4 Å². The van der Waals surface area contributed by atoms with Gasteiger partial charge < -0.3 is 9.73 Å². The van der Waals surface area contributed by atoms with Crippen molar-refractivity contribution < 1.29 is 17.6 Å². The van der Waals surface area contributed by atoms with Crippen molar-refractivity contribution in [2.45, 2.75) is 18.7 Å². The van der Waals surface area contributed by atoms with Crippen molar-refractivity contribution >= 4 is 43.2 Å². The Morgan fingerprint density at radius 3 is 2.19 bits per heavy atom. The van der Waals surface area contributed by atoms with Crippen molar-refractivity contribution in [1.29, 1.82) is 0 Å². The summed E-state index contributed by atoms with van der Waals surface area (Å²) in [5.74, 6) is -0.278. The van der Waals surface area contributed by atoms with Gasteiger partial charge >= 0.3 is 0 Å². The average Bonchev–Trinajstić information content (AvgIpc) is 3.05. The van der Waals surface area contributed by atoms with E-state index in [1.54, 1.807) is 18.2 Å². The number of benzene rings is 2. The van der Waals surface area contributed by atoms with Gasteiger partial charge in [0, 0.05) is 11.4 Å². The molecule has 1 aromatic heterocycles. The second-order valence-corrected chi connectivity index (χ2v) is 8.45. The van der Waals surface area contributed by atoms with Crippen LogP contribution >= 0.6 is 15.9 Å². The largest absolute Gasteiger partial charge is 0.444 e. The van der Waals surface area contributed by atoms with Gasteiger partial charge in [-0.25, -0.2) is 8.42 Å². The second-order valence-electron chi connectivity index (χ2n) is 5.99. The SMILES string of the molecule is Cc1ccc(NS(=O)(=O)c2ccc(NC(=O)c3ccc(Br)o3)cc2)cc1C. The lowest BCUT2D eigenvalue weighted by atomic mass is 10.1. The van der Waals surface area contributed by atoms with E-state index >= 15 is 0 Å². The van der Waals surface area contributed by atoms with Gasteiger partial charge in [0.1, 0.15) is 0 Å². The highest BCUT2D eigenvalue weighted by molar-refractivity contribution is 9.10. The zero-order valence-electron chi connectivity index (χ0n) is 14.6. The Kier molecular flexibility index (Phi) is 5.38. The molecule has 27 heavy (non-hydrogen) atoms. The number of hydrogen-bond donors (Lipinski definition) is 2. The molecule has 8 heteroatoms. The number of carbonyl (C=O) groups excluding carboxylic acids is 1. The third-order valence-electron chi connectivity index (χ3n) is 3.98. The molecule has 0 unspecified atom stereocenters. The minimum atomic E-state index is -3.72. The monoisotopic (exact) mass is 448 g/mol. The zero-order chi connectivity index (χ0) is 19.6. The third-order valence-corrected chi connectivity index (χ3v) is 5.80. The number of anilines is 2. The third kappa shape index (κ3) is 4.58. The van der Waals surface area contributed by atoms with Gasteiger partial charge in [0.05, 0.1) is 4.90 Å². The van der Waals surface area contributed by atoms with Crippen LogP contribution in [0.2, 0.25) is 0 Å². The van der Waals surface area contributed by atoms with Gasteiger partial charge in [-0.2, -0.15) is 0 Å². The minimum absolute atomic E-state index is 0.0967. The van der Waals surface area contributed by atoms with Gasteiger partial charge in [0.2, 0.25) is 0 Å². The second kappa shape index (κ2) is 7.58. The summed E-state index contributed by atoms with van der Waals surface area (Å²) in [6, 6.07) is 14.4. The Hall–Kier alpha value is -2.58. The molecule has 3 aromatic rings. The predicted molar refractivity (Wildman–Crippen MR) is 108 cm³/mol. The Morgan fingerprint density at radius 2 is 1.59 bits per heavy atom. The molecule has 2 aromatic carbocycles. The maximum absolute atomic E-state index is 12.5. The van der Waals surface area contributed by atoms with Crippen LogP contribution < -0.4 is 10.0 Å². The molecule has 0 atom stereocenters. The number of halogens is 1. The van der Waals surface area contributed by atoms with Gasteiger partial charge in [-0.1, -0.05) is 6.07 Å². The van der Waals surface area contributed by atoms with Crippen LogP contribution in [-0.2, 0) is 10.0 Å². The maximum atomic E-state index is 12.5. The first kappa shape index (κ1) is 19.2. The lowest BCUT2D eigenvalue weighted by molar-refractivity contribution is 0.0995. The number of amides is 1. The highest BCUT2D eigenvalue weighted by Gasteiger charge is 2.15. The lowest BCUT2D eigenvalue weighted by Crippen LogP contribution is -2.14. The molecule has 1 amide bonds. The fourth-order valence-electron chi connectivity index (χ4n) is 2.37. The van der Waals surface area contributed by atoms with Crippen LogP contribution in [0.3, 0.4) is 0 Å². The summed E-state index contributed by atoms with van der Waals surface area (Å²) in [4.78, 5) is 12.2. The van der Waals surface area contributed by atoms with E-state index in [1.165, 1.54) is 30.3 Å². The van der Waals surface area contributed by atoms with Crippen LogP contribution in [0.5, 0.6) is 0 Å².